The molecule has 1 aliphatic rings. The highest BCUT2D eigenvalue weighted by atomic mass is 16.6. The first-order chi connectivity index (χ1) is 15.2. The number of benzene rings is 2. The molecule has 9 heteroatoms. The number of rotatable bonds is 6. The molecule has 0 radical (unpaired) electrons. The van der Waals surface area contributed by atoms with Crippen molar-refractivity contribution >= 4 is 28.1 Å². The lowest BCUT2D eigenvalue weighted by atomic mass is 9.75. The number of nitrogens with one attached hydrogen (secondary N) is 1. The Morgan fingerprint density at radius 2 is 1.94 bits per heavy atom. The van der Waals surface area contributed by atoms with Crippen LogP contribution in [0, 0.1) is 10.1 Å². The van der Waals surface area contributed by atoms with Gasteiger partial charge in [0.25, 0.3) is 0 Å². The summed E-state index contributed by atoms with van der Waals surface area (Å²) in [6, 6.07) is 10.2. The van der Waals surface area contributed by atoms with Gasteiger partial charge in [-0.15, -0.1) is 0 Å². The molecule has 0 amide bonds. The smallest absolute Gasteiger partial charge is 0.323 e. The lowest BCUT2D eigenvalue weighted by Crippen LogP contribution is -2.45. The summed E-state index contributed by atoms with van der Waals surface area (Å²) in [5.74, 6) is 0. The van der Waals surface area contributed by atoms with Gasteiger partial charge in [0.15, 0.2) is 5.52 Å². The van der Waals surface area contributed by atoms with Crippen molar-refractivity contribution in [3.8, 4) is 0 Å². The van der Waals surface area contributed by atoms with Gasteiger partial charge in [0.05, 0.1) is 10.6 Å². The van der Waals surface area contributed by atoms with E-state index in [4.69, 9.17) is 9.74 Å². The first-order valence-electron chi connectivity index (χ1n) is 10.8. The molecular formula is C23H29N5O4. The summed E-state index contributed by atoms with van der Waals surface area (Å²) in [4.78, 5) is 13.7. The van der Waals surface area contributed by atoms with Gasteiger partial charge < -0.3 is 15.3 Å². The number of anilines is 2. The molecule has 0 fully saturated rings. The predicted octanol–water partition coefficient (Wildman–Crippen LogP) is 4.39. The van der Waals surface area contributed by atoms with Crippen LogP contribution in [0.2, 0.25) is 0 Å². The largest absolute Gasteiger partial charge is 0.396 e. The minimum atomic E-state index is -0.469. The quantitative estimate of drug-likeness (QED) is 0.330. The maximum Gasteiger partial charge on any atom is 0.323 e. The van der Waals surface area contributed by atoms with Crippen LogP contribution in [0.1, 0.15) is 51.7 Å². The van der Waals surface area contributed by atoms with Crippen molar-refractivity contribution < 1.29 is 14.7 Å². The molecule has 9 nitrogen and oxygen atoms in total. The minimum Gasteiger partial charge on any atom is -0.396 e. The monoisotopic (exact) mass is 439 g/mol. The summed E-state index contributed by atoms with van der Waals surface area (Å²) in [6.07, 6.45) is 1.34. The maximum absolute atomic E-state index is 11.9. The number of nitro groups is 1. The van der Waals surface area contributed by atoms with Gasteiger partial charge in [0.1, 0.15) is 5.69 Å². The minimum absolute atomic E-state index is 0.00750. The standard InChI is InChI=1S/C23H29N5O4/c1-22(2)14-23(3,4)27(13-15-8-5-6-9-16(15)22)18-12-17(24-10-7-11-29)21(28(30)31)20-19(18)25-32-26-20/h5-6,8-9,12,24,29H,7,10-11,13-14H2,1-4H3. The molecule has 0 aliphatic carbocycles. The molecule has 1 aliphatic heterocycles. The van der Waals surface area contributed by atoms with Crippen molar-refractivity contribution in [1.82, 2.24) is 10.3 Å². The van der Waals surface area contributed by atoms with E-state index < -0.39 is 4.92 Å². The van der Waals surface area contributed by atoms with Crippen molar-refractivity contribution in [3.63, 3.8) is 0 Å². The van der Waals surface area contributed by atoms with Crippen molar-refractivity contribution in [1.29, 1.82) is 0 Å². The molecule has 32 heavy (non-hydrogen) atoms. The Hall–Kier alpha value is -3.20. The zero-order valence-electron chi connectivity index (χ0n) is 18.9. The van der Waals surface area contributed by atoms with Crippen molar-refractivity contribution in [3.05, 3.63) is 51.6 Å². The van der Waals surface area contributed by atoms with Crippen LogP contribution in [0.5, 0.6) is 0 Å². The number of aliphatic hydroxyl groups excluding tert-OH is 1. The molecule has 0 atom stereocenters. The van der Waals surface area contributed by atoms with Gasteiger partial charge in [-0.1, -0.05) is 38.1 Å². The Bertz CT molecular complexity index is 1150. The summed E-state index contributed by atoms with van der Waals surface area (Å²) >= 11 is 0. The normalized spacial score (nSPS) is 17.1. The van der Waals surface area contributed by atoms with Crippen LogP contribution >= 0.6 is 0 Å². The zero-order chi connectivity index (χ0) is 23.1. The van der Waals surface area contributed by atoms with Crippen LogP contribution < -0.4 is 10.2 Å². The highest BCUT2D eigenvalue weighted by Crippen LogP contribution is 2.46. The molecule has 2 aromatic carbocycles. The highest BCUT2D eigenvalue weighted by Gasteiger charge is 2.41. The third-order valence-corrected chi connectivity index (χ3v) is 6.30. The van der Waals surface area contributed by atoms with Gasteiger partial charge in [-0.3, -0.25) is 10.1 Å². The number of hydrogen-bond donors (Lipinski definition) is 2. The molecule has 0 saturated carbocycles. The van der Waals surface area contributed by atoms with E-state index >= 15 is 0 Å². The van der Waals surface area contributed by atoms with E-state index in [-0.39, 0.29) is 28.8 Å². The molecule has 0 unspecified atom stereocenters. The topological polar surface area (TPSA) is 118 Å². The molecule has 4 rings (SSSR count). The van der Waals surface area contributed by atoms with Gasteiger partial charge in [-0.2, -0.15) is 0 Å². The van der Waals surface area contributed by atoms with E-state index in [0.29, 0.717) is 30.7 Å². The molecule has 3 aromatic rings. The summed E-state index contributed by atoms with van der Waals surface area (Å²) in [5, 5.41) is 32.1. The van der Waals surface area contributed by atoms with Crippen molar-refractivity contribution in [2.75, 3.05) is 23.4 Å². The number of nitrogens with zero attached hydrogens (tertiary/aromatic N) is 4. The SMILES string of the molecule is CC1(C)CC(C)(C)N(c2cc(NCCCO)c([N+](=O)[O-])c3nonc23)Cc2ccccc21. The van der Waals surface area contributed by atoms with Crippen LogP contribution in [-0.4, -0.2) is 39.0 Å². The maximum atomic E-state index is 11.9. The third-order valence-electron chi connectivity index (χ3n) is 6.30. The second-order valence-corrected chi connectivity index (χ2v) is 9.63. The van der Waals surface area contributed by atoms with Crippen molar-refractivity contribution in [2.45, 2.75) is 58.0 Å². The number of hydrogen-bond acceptors (Lipinski definition) is 8. The fourth-order valence-electron chi connectivity index (χ4n) is 5.13. The number of fused-ring (bicyclic) bond motifs is 2. The zero-order valence-corrected chi connectivity index (χ0v) is 18.9. The summed E-state index contributed by atoms with van der Waals surface area (Å²) in [7, 11) is 0. The summed E-state index contributed by atoms with van der Waals surface area (Å²) in [5.41, 5.74) is 3.56. The Morgan fingerprint density at radius 1 is 1.22 bits per heavy atom. The second-order valence-electron chi connectivity index (χ2n) is 9.63. The van der Waals surface area contributed by atoms with E-state index in [9.17, 15) is 10.1 Å². The molecule has 1 aromatic heterocycles. The van der Waals surface area contributed by atoms with Gasteiger partial charge in [-0.25, -0.2) is 4.63 Å². The Labute approximate surface area is 186 Å². The predicted molar refractivity (Wildman–Crippen MR) is 123 cm³/mol. The summed E-state index contributed by atoms with van der Waals surface area (Å²) in [6.45, 7) is 9.88. The average molecular weight is 440 g/mol. The lowest BCUT2D eigenvalue weighted by Gasteiger charge is -2.42. The average Bonchev–Trinajstić information content (AvgIpc) is 3.17. The van der Waals surface area contributed by atoms with E-state index in [1.807, 2.05) is 6.07 Å². The van der Waals surface area contributed by atoms with E-state index in [1.54, 1.807) is 6.07 Å². The molecule has 0 spiro atoms. The number of aliphatic hydroxyl groups is 1. The van der Waals surface area contributed by atoms with Crippen LogP contribution in [0.25, 0.3) is 11.0 Å². The Morgan fingerprint density at radius 3 is 2.66 bits per heavy atom. The summed E-state index contributed by atoms with van der Waals surface area (Å²) < 4.78 is 4.98. The highest BCUT2D eigenvalue weighted by molar-refractivity contribution is 6.00. The number of nitro benzene ring substituents is 1. The van der Waals surface area contributed by atoms with Gasteiger partial charge in [0, 0.05) is 25.2 Å². The first-order valence-corrected chi connectivity index (χ1v) is 10.8. The fraction of sp³-hybridized carbons (Fsp3) is 0.478. The van der Waals surface area contributed by atoms with Crippen LogP contribution in [0.15, 0.2) is 35.0 Å². The third kappa shape index (κ3) is 3.77. The molecule has 0 bridgehead atoms. The molecule has 170 valence electrons. The van der Waals surface area contributed by atoms with E-state index in [2.05, 4.69) is 66.4 Å². The van der Waals surface area contributed by atoms with Crippen LogP contribution in [0.4, 0.5) is 17.1 Å². The van der Waals surface area contributed by atoms with Crippen molar-refractivity contribution in [2.24, 2.45) is 0 Å². The lowest BCUT2D eigenvalue weighted by molar-refractivity contribution is -0.382. The van der Waals surface area contributed by atoms with Crippen LogP contribution in [0.3, 0.4) is 0 Å². The van der Waals surface area contributed by atoms with Gasteiger partial charge in [-0.05, 0) is 59.6 Å². The number of aromatic nitrogens is 2. The van der Waals surface area contributed by atoms with Gasteiger partial charge >= 0.3 is 5.69 Å². The van der Waals surface area contributed by atoms with E-state index in [1.165, 1.54) is 11.1 Å². The fourth-order valence-corrected chi connectivity index (χ4v) is 5.13. The first kappa shape index (κ1) is 22.0. The molecule has 2 N–H and O–H groups in total. The molecule has 0 saturated heterocycles. The Balaban J connectivity index is 1.91. The molecular weight excluding hydrogens is 410 g/mol. The van der Waals surface area contributed by atoms with Crippen LogP contribution in [-0.2, 0) is 12.0 Å². The van der Waals surface area contributed by atoms with Gasteiger partial charge in [0.2, 0.25) is 5.52 Å². The second kappa shape index (κ2) is 8.05. The van der Waals surface area contributed by atoms with E-state index in [0.717, 1.165) is 12.1 Å². The molecule has 2 heterocycles. The Kier molecular flexibility index (Phi) is 5.54.